The fourth-order valence-electron chi connectivity index (χ4n) is 3.47. The third-order valence-corrected chi connectivity index (χ3v) is 5.15. The van der Waals surface area contributed by atoms with Gasteiger partial charge in [-0.25, -0.2) is 0 Å². The summed E-state index contributed by atoms with van der Waals surface area (Å²) in [5.74, 6) is 1.12. The highest BCUT2D eigenvalue weighted by Crippen LogP contribution is 2.33. The van der Waals surface area contributed by atoms with Crippen LogP contribution in [0.2, 0.25) is 0 Å². The van der Waals surface area contributed by atoms with Gasteiger partial charge in [-0.1, -0.05) is 6.07 Å². The lowest BCUT2D eigenvalue weighted by Crippen LogP contribution is -2.51. The van der Waals surface area contributed by atoms with Crippen molar-refractivity contribution in [2.24, 2.45) is 5.92 Å². The number of aliphatic hydroxyl groups excluding tert-OH is 1. The molecule has 0 saturated carbocycles. The van der Waals surface area contributed by atoms with E-state index in [2.05, 4.69) is 26.8 Å². The van der Waals surface area contributed by atoms with Crippen LogP contribution in [-0.4, -0.2) is 41.2 Å². The number of amides is 1. The number of carbonyl (C=O) groups is 1. The quantitative estimate of drug-likeness (QED) is 0.911. The number of fused-ring (bicyclic) bond motifs is 1. The van der Waals surface area contributed by atoms with Gasteiger partial charge in [-0.05, 0) is 62.3 Å². The van der Waals surface area contributed by atoms with E-state index >= 15 is 0 Å². The van der Waals surface area contributed by atoms with E-state index < -0.39 is 6.10 Å². The van der Waals surface area contributed by atoms with E-state index in [4.69, 9.17) is 4.74 Å². The number of aryl methyl sites for hydroxylation is 2. The number of ether oxygens (including phenoxy) is 1. The molecule has 0 aromatic heterocycles. The average molecular weight is 303 g/mol. The standard InChI is InChI=1S/C18H25NO3/c1-11-6-15-8-17(22-16(15)7-12(11)2)18(21)19-9-14(10-20)5-4-13(19)3/h6-7,13-14,17,20H,4-5,8-10H2,1-3H3. The third kappa shape index (κ3) is 2.72. The largest absolute Gasteiger partial charge is 0.480 e. The smallest absolute Gasteiger partial charge is 0.264 e. The number of carbonyl (C=O) groups excluding carboxylic acids is 1. The molecule has 1 saturated heterocycles. The molecule has 2 aliphatic rings. The molecule has 1 aromatic carbocycles. The minimum atomic E-state index is -0.406. The van der Waals surface area contributed by atoms with Crippen molar-refractivity contribution in [3.05, 3.63) is 28.8 Å². The molecule has 4 heteroatoms. The first-order valence-electron chi connectivity index (χ1n) is 8.17. The van der Waals surface area contributed by atoms with Gasteiger partial charge in [-0.2, -0.15) is 0 Å². The van der Waals surface area contributed by atoms with Gasteiger partial charge >= 0.3 is 0 Å². The van der Waals surface area contributed by atoms with Gasteiger partial charge in [0.15, 0.2) is 6.10 Å². The molecular formula is C18H25NO3. The third-order valence-electron chi connectivity index (χ3n) is 5.15. The van der Waals surface area contributed by atoms with Crippen LogP contribution in [-0.2, 0) is 11.2 Å². The highest BCUT2D eigenvalue weighted by atomic mass is 16.5. The van der Waals surface area contributed by atoms with E-state index in [0.717, 1.165) is 24.2 Å². The Morgan fingerprint density at radius 1 is 1.32 bits per heavy atom. The Labute approximate surface area is 132 Å². The molecule has 3 unspecified atom stereocenters. The first-order valence-corrected chi connectivity index (χ1v) is 8.17. The number of nitrogens with zero attached hydrogens (tertiary/aromatic N) is 1. The van der Waals surface area contributed by atoms with Crippen LogP contribution in [0.1, 0.15) is 36.5 Å². The fourth-order valence-corrected chi connectivity index (χ4v) is 3.47. The maximum absolute atomic E-state index is 12.8. The van der Waals surface area contributed by atoms with E-state index in [1.165, 1.54) is 11.1 Å². The molecule has 3 rings (SSSR count). The van der Waals surface area contributed by atoms with E-state index in [1.54, 1.807) is 0 Å². The Hall–Kier alpha value is -1.55. The molecule has 0 bridgehead atoms. The number of hydrogen-bond donors (Lipinski definition) is 1. The first-order chi connectivity index (χ1) is 10.5. The Balaban J connectivity index is 1.74. The van der Waals surface area contributed by atoms with Gasteiger partial charge in [-0.3, -0.25) is 4.79 Å². The van der Waals surface area contributed by atoms with Crippen LogP contribution in [0, 0.1) is 19.8 Å². The highest BCUT2D eigenvalue weighted by Gasteiger charge is 2.37. The molecule has 1 fully saturated rings. The number of aliphatic hydroxyl groups is 1. The van der Waals surface area contributed by atoms with Crippen LogP contribution in [0.4, 0.5) is 0 Å². The molecule has 1 aromatic rings. The highest BCUT2D eigenvalue weighted by molar-refractivity contribution is 5.83. The molecule has 22 heavy (non-hydrogen) atoms. The Kier molecular flexibility index (Phi) is 4.13. The van der Waals surface area contributed by atoms with Gasteiger partial charge in [0.2, 0.25) is 0 Å². The zero-order valence-electron chi connectivity index (χ0n) is 13.6. The molecule has 0 aliphatic carbocycles. The Bertz CT molecular complexity index is 553. The summed E-state index contributed by atoms with van der Waals surface area (Å²) in [5, 5.41) is 9.38. The zero-order chi connectivity index (χ0) is 15.9. The lowest BCUT2D eigenvalue weighted by Gasteiger charge is -2.38. The maximum atomic E-state index is 12.8. The van der Waals surface area contributed by atoms with Crippen molar-refractivity contribution in [1.29, 1.82) is 0 Å². The molecule has 2 heterocycles. The lowest BCUT2D eigenvalue weighted by molar-refractivity contribution is -0.142. The summed E-state index contributed by atoms with van der Waals surface area (Å²) in [6.07, 6.45) is 2.19. The summed E-state index contributed by atoms with van der Waals surface area (Å²) in [6.45, 7) is 7.03. The summed E-state index contributed by atoms with van der Waals surface area (Å²) < 4.78 is 5.92. The van der Waals surface area contributed by atoms with Crippen molar-refractivity contribution in [2.75, 3.05) is 13.2 Å². The summed E-state index contributed by atoms with van der Waals surface area (Å²) in [4.78, 5) is 14.7. The molecule has 0 spiro atoms. The molecule has 120 valence electrons. The number of likely N-dealkylation sites (tertiary alicyclic amines) is 1. The van der Waals surface area contributed by atoms with Gasteiger partial charge in [-0.15, -0.1) is 0 Å². The van der Waals surface area contributed by atoms with Gasteiger partial charge in [0, 0.05) is 25.6 Å². The minimum Gasteiger partial charge on any atom is -0.480 e. The second-order valence-electron chi connectivity index (χ2n) is 6.82. The average Bonchev–Trinajstić information content (AvgIpc) is 2.90. The van der Waals surface area contributed by atoms with Crippen LogP contribution in [0.5, 0.6) is 5.75 Å². The summed E-state index contributed by atoms with van der Waals surface area (Å²) >= 11 is 0. The van der Waals surface area contributed by atoms with Gasteiger partial charge in [0.1, 0.15) is 5.75 Å². The summed E-state index contributed by atoms with van der Waals surface area (Å²) in [6, 6.07) is 4.40. The predicted molar refractivity (Wildman–Crippen MR) is 85.0 cm³/mol. The molecule has 4 nitrogen and oxygen atoms in total. The van der Waals surface area contributed by atoms with Crippen molar-refractivity contribution in [1.82, 2.24) is 4.90 Å². The van der Waals surface area contributed by atoms with Crippen LogP contribution >= 0.6 is 0 Å². The van der Waals surface area contributed by atoms with Gasteiger partial charge < -0.3 is 14.7 Å². The summed E-state index contributed by atoms with van der Waals surface area (Å²) in [5.41, 5.74) is 3.56. The van der Waals surface area contributed by atoms with Crippen LogP contribution < -0.4 is 4.74 Å². The van der Waals surface area contributed by atoms with E-state index in [9.17, 15) is 9.90 Å². The zero-order valence-corrected chi connectivity index (χ0v) is 13.6. The van der Waals surface area contributed by atoms with Crippen LogP contribution in [0.3, 0.4) is 0 Å². The SMILES string of the molecule is Cc1cc2c(cc1C)OC(C(=O)N1CC(CO)CCC1C)C2. The maximum Gasteiger partial charge on any atom is 0.264 e. The molecule has 1 amide bonds. The molecule has 2 aliphatic heterocycles. The number of rotatable bonds is 2. The predicted octanol–water partition coefficient (Wildman–Crippen LogP) is 2.23. The minimum absolute atomic E-state index is 0.0668. The van der Waals surface area contributed by atoms with E-state index in [0.29, 0.717) is 13.0 Å². The van der Waals surface area contributed by atoms with Crippen LogP contribution in [0.15, 0.2) is 12.1 Å². The second-order valence-corrected chi connectivity index (χ2v) is 6.82. The van der Waals surface area contributed by atoms with E-state index in [1.807, 2.05) is 11.0 Å². The molecule has 1 N–H and O–H groups in total. The fraction of sp³-hybridized carbons (Fsp3) is 0.611. The van der Waals surface area contributed by atoms with Crippen molar-refractivity contribution in [3.8, 4) is 5.75 Å². The van der Waals surface area contributed by atoms with Crippen molar-refractivity contribution < 1.29 is 14.6 Å². The number of hydrogen-bond acceptors (Lipinski definition) is 3. The van der Waals surface area contributed by atoms with E-state index in [-0.39, 0.29) is 24.5 Å². The topological polar surface area (TPSA) is 49.8 Å². The first kappa shape index (κ1) is 15.3. The van der Waals surface area contributed by atoms with Crippen molar-refractivity contribution in [3.63, 3.8) is 0 Å². The number of benzene rings is 1. The molecule has 0 radical (unpaired) electrons. The normalized spacial score (nSPS) is 27.5. The van der Waals surface area contributed by atoms with Crippen molar-refractivity contribution in [2.45, 2.75) is 52.2 Å². The van der Waals surface area contributed by atoms with Crippen LogP contribution in [0.25, 0.3) is 0 Å². The monoisotopic (exact) mass is 303 g/mol. The lowest BCUT2D eigenvalue weighted by atomic mass is 9.93. The Morgan fingerprint density at radius 3 is 2.77 bits per heavy atom. The second kappa shape index (κ2) is 5.92. The molecular weight excluding hydrogens is 278 g/mol. The number of piperidine rings is 1. The van der Waals surface area contributed by atoms with Gasteiger partial charge in [0.25, 0.3) is 5.91 Å². The van der Waals surface area contributed by atoms with Crippen molar-refractivity contribution >= 4 is 5.91 Å². The summed E-state index contributed by atoms with van der Waals surface area (Å²) in [7, 11) is 0. The molecule has 3 atom stereocenters. The Morgan fingerprint density at radius 2 is 2.05 bits per heavy atom. The van der Waals surface area contributed by atoms with Gasteiger partial charge in [0.05, 0.1) is 0 Å².